The number of carbonyl (C=O) groups excluding carboxylic acids is 2. The van der Waals surface area contributed by atoms with Crippen molar-refractivity contribution in [2.75, 3.05) is 13.8 Å². The van der Waals surface area contributed by atoms with Gasteiger partial charge in [0.1, 0.15) is 0 Å². The monoisotopic (exact) mass is 377 g/mol. The lowest BCUT2D eigenvalue weighted by molar-refractivity contribution is -0.144. The largest absolute Gasteiger partial charge is 0.481 e. The lowest BCUT2D eigenvalue weighted by Crippen LogP contribution is -2.39. The van der Waals surface area contributed by atoms with Crippen LogP contribution in [0.25, 0.3) is 0 Å². The molecule has 7 nitrogen and oxygen atoms in total. The molecule has 0 aliphatic carbocycles. The number of hydrogen-bond donors (Lipinski definition) is 1. The Hall–Kier alpha value is -2.83. The van der Waals surface area contributed by atoms with Gasteiger partial charge in [0.15, 0.2) is 17.3 Å². The molecule has 148 valence electrons. The van der Waals surface area contributed by atoms with E-state index < -0.39 is 23.3 Å². The summed E-state index contributed by atoms with van der Waals surface area (Å²) in [6.45, 7) is 8.70. The number of amides is 1. The van der Waals surface area contributed by atoms with Gasteiger partial charge in [0.2, 0.25) is 12.7 Å². The number of benzene rings is 1. The molecule has 0 radical (unpaired) electrons. The number of likely N-dealkylation sites (N-methyl/N-ethyl adjacent to an activating group) is 1. The van der Waals surface area contributed by atoms with E-state index in [0.29, 0.717) is 17.1 Å². The van der Waals surface area contributed by atoms with Gasteiger partial charge in [-0.2, -0.15) is 0 Å². The van der Waals surface area contributed by atoms with E-state index in [-0.39, 0.29) is 12.6 Å². The molecule has 0 bridgehead atoms. The van der Waals surface area contributed by atoms with Gasteiger partial charge in [-0.3, -0.25) is 14.4 Å². The fraction of sp³-hybridized carbons (Fsp3) is 0.450. The van der Waals surface area contributed by atoms with E-state index in [1.54, 1.807) is 25.1 Å². The first-order chi connectivity index (χ1) is 12.6. The van der Waals surface area contributed by atoms with Crippen molar-refractivity contribution in [1.29, 1.82) is 0 Å². The second-order valence-electron chi connectivity index (χ2n) is 6.42. The van der Waals surface area contributed by atoms with Crippen molar-refractivity contribution in [1.82, 2.24) is 4.90 Å². The summed E-state index contributed by atoms with van der Waals surface area (Å²) < 4.78 is 10.5. The molecular formula is C20H27NO6. The van der Waals surface area contributed by atoms with Crippen molar-refractivity contribution in [3.63, 3.8) is 0 Å². The highest BCUT2D eigenvalue weighted by atomic mass is 16.7. The Labute approximate surface area is 159 Å². The van der Waals surface area contributed by atoms with Crippen LogP contribution < -0.4 is 9.47 Å². The SMILES string of the molecule is CC.CC(C(=O)c1ccc2c(c1)OCO2)N(C)C(=O)/C=C/C(C)(C)C(=O)O. The van der Waals surface area contributed by atoms with Crippen molar-refractivity contribution >= 4 is 17.7 Å². The maximum Gasteiger partial charge on any atom is 0.312 e. The highest BCUT2D eigenvalue weighted by Crippen LogP contribution is 2.33. The molecule has 2 rings (SSSR count). The number of fused-ring (bicyclic) bond motifs is 1. The third-order valence-electron chi connectivity index (χ3n) is 4.16. The molecule has 27 heavy (non-hydrogen) atoms. The van der Waals surface area contributed by atoms with E-state index in [2.05, 4.69) is 0 Å². The zero-order valence-electron chi connectivity index (χ0n) is 16.6. The number of carbonyl (C=O) groups is 3. The van der Waals surface area contributed by atoms with Gasteiger partial charge in [-0.05, 0) is 39.0 Å². The summed E-state index contributed by atoms with van der Waals surface area (Å²) in [5, 5.41) is 9.06. The van der Waals surface area contributed by atoms with Crippen LogP contribution in [-0.4, -0.2) is 47.5 Å². The Bertz CT molecular complexity index is 738. The summed E-state index contributed by atoms with van der Waals surface area (Å²) in [5.74, 6) is -0.665. The van der Waals surface area contributed by atoms with Crippen molar-refractivity contribution in [3.8, 4) is 11.5 Å². The molecule has 1 N–H and O–H groups in total. The number of carboxylic acids is 1. The third kappa shape index (κ3) is 5.32. The predicted molar refractivity (Wildman–Crippen MR) is 101 cm³/mol. The number of ether oxygens (including phenoxy) is 2. The number of carboxylic acid groups (broad SMARTS) is 1. The number of Topliss-reactive ketones (excluding diaryl/α,β-unsaturated/α-hetero) is 1. The highest BCUT2D eigenvalue weighted by molar-refractivity contribution is 6.03. The van der Waals surface area contributed by atoms with Gasteiger partial charge in [0.25, 0.3) is 0 Å². The first-order valence-electron chi connectivity index (χ1n) is 8.77. The molecule has 0 fully saturated rings. The fourth-order valence-corrected chi connectivity index (χ4v) is 2.13. The maximum absolute atomic E-state index is 12.6. The highest BCUT2D eigenvalue weighted by Gasteiger charge is 2.27. The third-order valence-corrected chi connectivity index (χ3v) is 4.16. The predicted octanol–water partition coefficient (Wildman–Crippen LogP) is 3.14. The topological polar surface area (TPSA) is 93.1 Å². The summed E-state index contributed by atoms with van der Waals surface area (Å²) in [4.78, 5) is 37.2. The second-order valence-corrected chi connectivity index (χ2v) is 6.42. The van der Waals surface area contributed by atoms with Gasteiger partial charge in [-0.25, -0.2) is 0 Å². The maximum atomic E-state index is 12.6. The van der Waals surface area contributed by atoms with E-state index >= 15 is 0 Å². The fourth-order valence-electron chi connectivity index (χ4n) is 2.13. The Morgan fingerprint density at radius 1 is 1.19 bits per heavy atom. The molecule has 0 saturated carbocycles. The van der Waals surface area contributed by atoms with Gasteiger partial charge >= 0.3 is 5.97 Å². The van der Waals surface area contributed by atoms with Crippen LogP contribution in [0, 0.1) is 5.41 Å². The van der Waals surface area contributed by atoms with E-state index in [0.717, 1.165) is 0 Å². The van der Waals surface area contributed by atoms with Crippen LogP contribution in [0.2, 0.25) is 0 Å². The number of hydrogen-bond acceptors (Lipinski definition) is 5. The first kappa shape index (κ1) is 22.2. The summed E-state index contributed by atoms with van der Waals surface area (Å²) in [6, 6.07) is 4.14. The van der Waals surface area contributed by atoms with Crippen LogP contribution >= 0.6 is 0 Å². The van der Waals surface area contributed by atoms with Crippen LogP contribution in [0.3, 0.4) is 0 Å². The minimum Gasteiger partial charge on any atom is -0.481 e. The zero-order chi connectivity index (χ0) is 20.8. The minimum absolute atomic E-state index is 0.116. The minimum atomic E-state index is -1.17. The van der Waals surface area contributed by atoms with E-state index in [1.165, 1.54) is 37.9 Å². The number of ketones is 1. The molecule has 1 unspecified atom stereocenters. The second kappa shape index (κ2) is 9.21. The number of nitrogens with zero attached hydrogens (tertiary/aromatic N) is 1. The molecule has 1 atom stereocenters. The van der Waals surface area contributed by atoms with Gasteiger partial charge < -0.3 is 19.5 Å². The Balaban J connectivity index is 0.00000176. The van der Waals surface area contributed by atoms with E-state index in [4.69, 9.17) is 14.6 Å². The quantitative estimate of drug-likeness (QED) is 0.605. The number of aliphatic carboxylic acids is 1. The van der Waals surface area contributed by atoms with Crippen molar-refractivity contribution < 1.29 is 29.0 Å². The summed E-state index contributed by atoms with van der Waals surface area (Å²) >= 11 is 0. The van der Waals surface area contributed by atoms with E-state index in [9.17, 15) is 14.4 Å². The average molecular weight is 377 g/mol. The average Bonchev–Trinajstić information content (AvgIpc) is 3.13. The normalized spacial score (nSPS) is 13.6. The van der Waals surface area contributed by atoms with Gasteiger partial charge in [-0.15, -0.1) is 0 Å². The molecule has 1 aromatic carbocycles. The number of rotatable bonds is 6. The Morgan fingerprint density at radius 2 is 1.78 bits per heavy atom. The molecule has 1 aliphatic rings. The van der Waals surface area contributed by atoms with E-state index in [1.807, 2.05) is 13.8 Å². The van der Waals surface area contributed by atoms with Crippen LogP contribution in [0.1, 0.15) is 45.0 Å². The molecule has 0 aromatic heterocycles. The van der Waals surface area contributed by atoms with Crippen molar-refractivity contribution in [2.24, 2.45) is 5.41 Å². The Morgan fingerprint density at radius 3 is 2.37 bits per heavy atom. The van der Waals surface area contributed by atoms with Crippen molar-refractivity contribution in [2.45, 2.75) is 40.7 Å². The van der Waals surface area contributed by atoms with Gasteiger partial charge in [0, 0.05) is 18.7 Å². The molecule has 1 amide bonds. The summed E-state index contributed by atoms with van der Waals surface area (Å²) in [5.41, 5.74) is -0.757. The zero-order valence-corrected chi connectivity index (χ0v) is 16.6. The summed E-state index contributed by atoms with van der Waals surface area (Å²) in [6.07, 6.45) is 2.49. The van der Waals surface area contributed by atoms with Crippen LogP contribution in [0.15, 0.2) is 30.4 Å². The molecular weight excluding hydrogens is 350 g/mol. The molecule has 1 aromatic rings. The molecule has 0 spiro atoms. The van der Waals surface area contributed by atoms with Crippen molar-refractivity contribution in [3.05, 3.63) is 35.9 Å². The van der Waals surface area contributed by atoms with Crippen LogP contribution in [0.5, 0.6) is 11.5 Å². The molecule has 1 aliphatic heterocycles. The lowest BCUT2D eigenvalue weighted by Gasteiger charge is -2.23. The standard InChI is InChI=1S/C18H21NO6.C2H6/c1-11(19(4)15(20)7-8-18(2,3)17(22)23)16(21)12-5-6-13-14(9-12)25-10-24-13;1-2/h5-9,11H,10H2,1-4H3,(H,22,23);1-2H3/b8-7+;. The molecule has 0 saturated heterocycles. The Kier molecular flexibility index (Phi) is 7.57. The van der Waals surface area contributed by atoms with Gasteiger partial charge in [0.05, 0.1) is 11.5 Å². The van der Waals surface area contributed by atoms with Crippen LogP contribution in [0.4, 0.5) is 0 Å². The van der Waals surface area contributed by atoms with Crippen LogP contribution in [-0.2, 0) is 9.59 Å². The molecule has 7 heteroatoms. The first-order valence-corrected chi connectivity index (χ1v) is 8.77. The smallest absolute Gasteiger partial charge is 0.312 e. The molecule has 1 heterocycles. The van der Waals surface area contributed by atoms with Gasteiger partial charge in [-0.1, -0.05) is 19.9 Å². The lowest BCUT2D eigenvalue weighted by atomic mass is 9.93. The summed E-state index contributed by atoms with van der Waals surface area (Å²) in [7, 11) is 1.50.